The molecular formula is C20H16Cl2N2O. The fourth-order valence-electron chi connectivity index (χ4n) is 3.33. The maximum atomic E-state index is 12.8. The van der Waals surface area contributed by atoms with Crippen LogP contribution in [0.1, 0.15) is 28.0 Å². The van der Waals surface area contributed by atoms with Crippen molar-refractivity contribution in [3.63, 3.8) is 0 Å². The minimum atomic E-state index is -0.109. The molecule has 1 aliphatic rings. The van der Waals surface area contributed by atoms with Gasteiger partial charge in [-0.05, 0) is 55.2 Å². The van der Waals surface area contributed by atoms with Crippen molar-refractivity contribution in [2.45, 2.75) is 19.3 Å². The zero-order valence-corrected chi connectivity index (χ0v) is 15.2. The predicted octanol–water partition coefficient (Wildman–Crippen LogP) is 5.31. The van der Waals surface area contributed by atoms with Gasteiger partial charge in [-0.2, -0.15) is 0 Å². The van der Waals surface area contributed by atoms with Crippen LogP contribution in [0.25, 0.3) is 10.9 Å². The number of pyridine rings is 1. The summed E-state index contributed by atoms with van der Waals surface area (Å²) in [6.07, 6.45) is 3.02. The molecule has 25 heavy (non-hydrogen) atoms. The first-order valence-corrected chi connectivity index (χ1v) is 8.95. The largest absolute Gasteiger partial charge is 0.311 e. The SMILES string of the molecule is CN(C(=O)c1ccc2c(Cl)c3c(nc2c1)CCC3)c1cccc(Cl)c1. The molecule has 0 saturated carbocycles. The Labute approximate surface area is 156 Å². The zero-order valence-electron chi connectivity index (χ0n) is 13.7. The number of rotatable bonds is 2. The number of benzene rings is 2. The maximum absolute atomic E-state index is 12.8. The molecule has 2 aromatic carbocycles. The fourth-order valence-corrected chi connectivity index (χ4v) is 3.88. The van der Waals surface area contributed by atoms with Crippen LogP contribution in [0.3, 0.4) is 0 Å². The molecule has 1 aliphatic carbocycles. The molecule has 0 spiro atoms. The van der Waals surface area contributed by atoms with Gasteiger partial charge in [-0.3, -0.25) is 9.78 Å². The Morgan fingerprint density at radius 2 is 1.96 bits per heavy atom. The Bertz CT molecular complexity index is 1000. The third kappa shape index (κ3) is 2.88. The van der Waals surface area contributed by atoms with Crippen LogP contribution in [0.15, 0.2) is 42.5 Å². The molecule has 3 nitrogen and oxygen atoms in total. The minimum absolute atomic E-state index is 0.109. The third-order valence-electron chi connectivity index (χ3n) is 4.69. The molecule has 0 unspecified atom stereocenters. The second kappa shape index (κ2) is 6.32. The second-order valence-corrected chi connectivity index (χ2v) is 7.09. The van der Waals surface area contributed by atoms with Crippen molar-refractivity contribution in [1.82, 2.24) is 4.98 Å². The van der Waals surface area contributed by atoms with Gasteiger partial charge in [0.05, 0.1) is 10.5 Å². The summed E-state index contributed by atoms with van der Waals surface area (Å²) < 4.78 is 0. The summed E-state index contributed by atoms with van der Waals surface area (Å²) >= 11 is 12.6. The topological polar surface area (TPSA) is 33.2 Å². The zero-order chi connectivity index (χ0) is 17.6. The summed E-state index contributed by atoms with van der Waals surface area (Å²) in [6.45, 7) is 0. The van der Waals surface area contributed by atoms with E-state index < -0.39 is 0 Å². The van der Waals surface area contributed by atoms with Crippen molar-refractivity contribution in [2.75, 3.05) is 11.9 Å². The lowest BCUT2D eigenvalue weighted by molar-refractivity contribution is 0.0993. The number of hydrogen-bond acceptors (Lipinski definition) is 2. The molecule has 0 atom stereocenters. The summed E-state index contributed by atoms with van der Waals surface area (Å²) in [5.74, 6) is -0.109. The van der Waals surface area contributed by atoms with Crippen molar-refractivity contribution >= 4 is 45.7 Å². The Balaban J connectivity index is 1.74. The quantitative estimate of drug-likeness (QED) is 0.612. The Morgan fingerprint density at radius 1 is 1.12 bits per heavy atom. The molecule has 3 aromatic rings. The maximum Gasteiger partial charge on any atom is 0.258 e. The van der Waals surface area contributed by atoms with Crippen LogP contribution < -0.4 is 4.90 Å². The van der Waals surface area contributed by atoms with Crippen molar-refractivity contribution < 1.29 is 4.79 Å². The summed E-state index contributed by atoms with van der Waals surface area (Å²) in [5, 5.41) is 2.28. The standard InChI is InChI=1S/C20H16Cl2N2O/c1-24(14-5-2-4-13(21)11-14)20(25)12-8-9-16-18(10-12)23-17-7-3-6-15(17)19(16)22/h2,4-5,8-11H,3,6-7H2,1H3. The monoisotopic (exact) mass is 370 g/mol. The van der Waals surface area contributed by atoms with Crippen molar-refractivity contribution in [2.24, 2.45) is 0 Å². The molecule has 4 rings (SSSR count). The molecule has 5 heteroatoms. The molecule has 1 aromatic heterocycles. The number of carbonyl (C=O) groups is 1. The van der Waals surface area contributed by atoms with E-state index in [9.17, 15) is 4.79 Å². The summed E-state index contributed by atoms with van der Waals surface area (Å²) in [4.78, 5) is 19.2. The van der Waals surface area contributed by atoms with Crippen molar-refractivity contribution in [3.8, 4) is 0 Å². The molecule has 1 amide bonds. The normalized spacial score (nSPS) is 13.1. The van der Waals surface area contributed by atoms with Crippen LogP contribution in [-0.2, 0) is 12.8 Å². The number of anilines is 1. The van der Waals surface area contributed by atoms with Gasteiger partial charge < -0.3 is 4.90 Å². The predicted molar refractivity (Wildman–Crippen MR) is 103 cm³/mol. The number of aromatic nitrogens is 1. The summed E-state index contributed by atoms with van der Waals surface area (Å²) in [5.41, 5.74) is 4.32. The van der Waals surface area contributed by atoms with Crippen LogP contribution >= 0.6 is 23.2 Å². The number of nitrogens with zero attached hydrogens (tertiary/aromatic N) is 2. The van der Waals surface area contributed by atoms with E-state index in [1.807, 2.05) is 24.3 Å². The van der Waals surface area contributed by atoms with Gasteiger partial charge in [0.2, 0.25) is 0 Å². The molecule has 126 valence electrons. The van der Waals surface area contributed by atoms with Gasteiger partial charge in [0, 0.05) is 34.4 Å². The third-order valence-corrected chi connectivity index (χ3v) is 5.36. The van der Waals surface area contributed by atoms with Crippen LogP contribution in [-0.4, -0.2) is 17.9 Å². The second-order valence-electron chi connectivity index (χ2n) is 6.28. The van der Waals surface area contributed by atoms with E-state index in [4.69, 9.17) is 28.2 Å². The van der Waals surface area contributed by atoms with E-state index in [-0.39, 0.29) is 5.91 Å². The Morgan fingerprint density at radius 3 is 2.76 bits per heavy atom. The number of carbonyl (C=O) groups excluding carboxylic acids is 1. The van der Waals surface area contributed by atoms with E-state index in [1.54, 1.807) is 30.1 Å². The smallest absolute Gasteiger partial charge is 0.258 e. The lowest BCUT2D eigenvalue weighted by atomic mass is 10.1. The molecule has 0 saturated heterocycles. The van der Waals surface area contributed by atoms with Gasteiger partial charge in [-0.15, -0.1) is 0 Å². The van der Waals surface area contributed by atoms with Gasteiger partial charge in [0.25, 0.3) is 5.91 Å². The number of hydrogen-bond donors (Lipinski definition) is 0. The average Bonchev–Trinajstić information content (AvgIpc) is 3.09. The summed E-state index contributed by atoms with van der Waals surface area (Å²) in [6, 6.07) is 12.7. The molecule has 0 N–H and O–H groups in total. The van der Waals surface area contributed by atoms with Gasteiger partial charge in [-0.1, -0.05) is 35.3 Å². The Kier molecular flexibility index (Phi) is 4.14. The van der Waals surface area contributed by atoms with E-state index in [1.165, 1.54) is 0 Å². The first-order chi connectivity index (χ1) is 12.0. The average molecular weight is 371 g/mol. The van der Waals surface area contributed by atoms with Crippen LogP contribution in [0.5, 0.6) is 0 Å². The highest BCUT2D eigenvalue weighted by Gasteiger charge is 2.20. The molecule has 0 fully saturated rings. The molecule has 0 aliphatic heterocycles. The van der Waals surface area contributed by atoms with E-state index in [0.29, 0.717) is 10.6 Å². The first-order valence-electron chi connectivity index (χ1n) is 8.19. The summed E-state index contributed by atoms with van der Waals surface area (Å²) in [7, 11) is 1.74. The first kappa shape index (κ1) is 16.4. The van der Waals surface area contributed by atoms with Gasteiger partial charge >= 0.3 is 0 Å². The fraction of sp³-hybridized carbons (Fsp3) is 0.200. The van der Waals surface area contributed by atoms with E-state index in [2.05, 4.69) is 0 Å². The van der Waals surface area contributed by atoms with Gasteiger partial charge in [0.15, 0.2) is 0 Å². The number of fused-ring (bicyclic) bond motifs is 2. The van der Waals surface area contributed by atoms with Gasteiger partial charge in [-0.25, -0.2) is 0 Å². The van der Waals surface area contributed by atoms with Crippen LogP contribution in [0.2, 0.25) is 10.0 Å². The highest BCUT2D eigenvalue weighted by atomic mass is 35.5. The van der Waals surface area contributed by atoms with Gasteiger partial charge in [0.1, 0.15) is 0 Å². The number of amides is 1. The van der Waals surface area contributed by atoms with Crippen LogP contribution in [0, 0.1) is 0 Å². The van der Waals surface area contributed by atoms with Crippen molar-refractivity contribution in [1.29, 1.82) is 0 Å². The minimum Gasteiger partial charge on any atom is -0.311 e. The molecule has 0 bridgehead atoms. The Hall–Kier alpha value is -2.10. The lowest BCUT2D eigenvalue weighted by Gasteiger charge is -2.18. The van der Waals surface area contributed by atoms with Crippen molar-refractivity contribution in [3.05, 3.63) is 69.3 Å². The number of aryl methyl sites for hydroxylation is 1. The van der Waals surface area contributed by atoms with Crippen LogP contribution in [0.4, 0.5) is 5.69 Å². The van der Waals surface area contributed by atoms with E-state index >= 15 is 0 Å². The van der Waals surface area contributed by atoms with E-state index in [0.717, 1.165) is 52.1 Å². The number of halogens is 2. The molecular weight excluding hydrogens is 355 g/mol. The highest BCUT2D eigenvalue weighted by molar-refractivity contribution is 6.36. The molecule has 1 heterocycles. The lowest BCUT2D eigenvalue weighted by Crippen LogP contribution is -2.26. The molecule has 0 radical (unpaired) electrons. The highest BCUT2D eigenvalue weighted by Crippen LogP contribution is 2.34.